The van der Waals surface area contributed by atoms with Crippen LogP contribution in [0.15, 0.2) is 0 Å². The summed E-state index contributed by atoms with van der Waals surface area (Å²) in [7, 11) is -3.91. The molecule has 0 rings (SSSR count). The Kier molecular flexibility index (Phi) is 9.60. The Labute approximate surface area is 144 Å². The van der Waals surface area contributed by atoms with E-state index < -0.39 is 7.82 Å². The predicted molar refractivity (Wildman–Crippen MR) is 97.4 cm³/mol. The Morgan fingerprint density at radius 3 is 1.39 bits per heavy atom. The first-order valence-corrected chi connectivity index (χ1v) is 10.3. The van der Waals surface area contributed by atoms with E-state index in [4.69, 9.17) is 9.05 Å². The summed E-state index contributed by atoms with van der Waals surface area (Å²) in [5.74, 6) is 0.920. The second-order valence-electron chi connectivity index (χ2n) is 9.45. The van der Waals surface area contributed by atoms with Gasteiger partial charge in [-0.3, -0.25) is 9.05 Å². The number of hydrogen-bond donors (Lipinski definition) is 1. The Balaban J connectivity index is 3.95. The summed E-state index contributed by atoms with van der Waals surface area (Å²) in [4.78, 5) is 9.72. The molecule has 0 aliphatic rings. The number of hydrogen-bond acceptors (Lipinski definition) is 3. The van der Waals surface area contributed by atoms with Gasteiger partial charge in [0.2, 0.25) is 0 Å². The molecule has 0 radical (unpaired) electrons. The molecule has 0 aliphatic carbocycles. The third kappa shape index (κ3) is 15.4. The van der Waals surface area contributed by atoms with Crippen molar-refractivity contribution in [2.24, 2.45) is 22.7 Å². The quantitative estimate of drug-likeness (QED) is 0.488. The summed E-state index contributed by atoms with van der Waals surface area (Å²) in [6, 6.07) is 0. The highest BCUT2D eigenvalue weighted by Crippen LogP contribution is 2.44. The molecule has 4 nitrogen and oxygen atoms in total. The van der Waals surface area contributed by atoms with Crippen molar-refractivity contribution in [1.29, 1.82) is 0 Å². The van der Waals surface area contributed by atoms with Crippen LogP contribution in [0, 0.1) is 22.7 Å². The minimum absolute atomic E-state index is 0.266. The SMILES string of the molecule is C[C@H](CCOP(=O)(O)OCC[C@H](C)CC(C)(C)C)CC(C)(C)C. The third-order valence-corrected chi connectivity index (χ3v) is 4.67. The van der Waals surface area contributed by atoms with Crippen LogP contribution in [0.25, 0.3) is 0 Å². The van der Waals surface area contributed by atoms with E-state index in [0.717, 1.165) is 25.7 Å². The molecule has 0 aromatic rings. The van der Waals surface area contributed by atoms with Gasteiger partial charge in [0.25, 0.3) is 0 Å². The molecule has 1 N–H and O–H groups in total. The van der Waals surface area contributed by atoms with Gasteiger partial charge >= 0.3 is 7.82 Å². The van der Waals surface area contributed by atoms with Crippen LogP contribution in [0.2, 0.25) is 0 Å². The molecule has 3 atom stereocenters. The molecule has 0 fully saturated rings. The van der Waals surface area contributed by atoms with E-state index in [0.29, 0.717) is 11.8 Å². The van der Waals surface area contributed by atoms with Crippen LogP contribution in [0.4, 0.5) is 0 Å². The van der Waals surface area contributed by atoms with Crippen molar-refractivity contribution >= 4 is 7.82 Å². The lowest BCUT2D eigenvalue weighted by Crippen LogP contribution is -2.13. The first-order chi connectivity index (χ1) is 10.2. The van der Waals surface area contributed by atoms with E-state index in [1.807, 2.05) is 0 Å². The fourth-order valence-electron chi connectivity index (χ4n) is 3.07. The zero-order chi connectivity index (χ0) is 18.3. The zero-order valence-electron chi connectivity index (χ0n) is 16.5. The summed E-state index contributed by atoms with van der Waals surface area (Å²) in [6.07, 6.45) is 3.67. The third-order valence-electron chi connectivity index (χ3n) is 3.65. The van der Waals surface area contributed by atoms with Crippen molar-refractivity contribution in [2.45, 2.75) is 81.1 Å². The fourth-order valence-corrected chi connectivity index (χ4v) is 3.82. The highest BCUT2D eigenvalue weighted by atomic mass is 31.2. The van der Waals surface area contributed by atoms with Gasteiger partial charge in [0, 0.05) is 0 Å². The minimum atomic E-state index is -3.91. The lowest BCUT2D eigenvalue weighted by Gasteiger charge is -2.24. The molecule has 1 unspecified atom stereocenters. The van der Waals surface area contributed by atoms with Gasteiger partial charge in [-0.25, -0.2) is 4.57 Å². The maximum absolute atomic E-state index is 11.9. The van der Waals surface area contributed by atoms with E-state index in [1.54, 1.807) is 0 Å². The van der Waals surface area contributed by atoms with Gasteiger partial charge in [-0.2, -0.15) is 0 Å². The largest absolute Gasteiger partial charge is 0.472 e. The molecule has 0 aromatic heterocycles. The standard InChI is InChI=1S/C18H39O4P/c1-15(13-17(3,4)5)9-11-21-23(19,20)22-12-10-16(2)14-18(6,7)8/h15-16H,9-14H2,1-8H3,(H,19,20)/t15-,16+. The maximum Gasteiger partial charge on any atom is 0.472 e. The van der Waals surface area contributed by atoms with Crippen LogP contribution in [0.3, 0.4) is 0 Å². The molecule has 0 saturated carbocycles. The van der Waals surface area contributed by atoms with Crippen LogP contribution in [-0.2, 0) is 13.6 Å². The van der Waals surface area contributed by atoms with Crippen molar-refractivity contribution in [2.75, 3.05) is 13.2 Å². The van der Waals surface area contributed by atoms with Crippen LogP contribution >= 0.6 is 7.82 Å². The summed E-state index contributed by atoms with van der Waals surface area (Å²) in [5, 5.41) is 0. The predicted octanol–water partition coefficient (Wildman–Crippen LogP) is 6.04. The van der Waals surface area contributed by atoms with Crippen LogP contribution in [-0.4, -0.2) is 18.1 Å². The van der Waals surface area contributed by atoms with Crippen LogP contribution in [0.1, 0.15) is 81.1 Å². The Morgan fingerprint density at radius 2 is 1.13 bits per heavy atom. The number of phosphoric acid groups is 1. The maximum atomic E-state index is 11.9. The summed E-state index contributed by atoms with van der Waals surface area (Å²) < 4.78 is 22.0. The first-order valence-electron chi connectivity index (χ1n) is 8.82. The topological polar surface area (TPSA) is 55.8 Å². The van der Waals surface area contributed by atoms with E-state index in [9.17, 15) is 9.46 Å². The van der Waals surface area contributed by atoms with Crippen molar-refractivity contribution in [1.82, 2.24) is 0 Å². The fraction of sp³-hybridized carbons (Fsp3) is 1.00. The highest BCUT2D eigenvalue weighted by Gasteiger charge is 2.23. The lowest BCUT2D eigenvalue weighted by atomic mass is 9.84. The monoisotopic (exact) mass is 350 g/mol. The Bertz CT molecular complexity index is 336. The molecule has 0 aliphatic heterocycles. The molecular formula is C18H39O4P. The molecule has 5 heteroatoms. The molecule has 23 heavy (non-hydrogen) atoms. The van der Waals surface area contributed by atoms with E-state index in [1.165, 1.54) is 0 Å². The average molecular weight is 350 g/mol. The van der Waals surface area contributed by atoms with E-state index >= 15 is 0 Å². The molecule has 0 aromatic carbocycles. The van der Waals surface area contributed by atoms with Gasteiger partial charge < -0.3 is 4.89 Å². The number of phosphoric ester groups is 1. The van der Waals surface area contributed by atoms with Gasteiger partial charge in [-0.1, -0.05) is 55.4 Å². The Hall–Kier alpha value is 0.110. The first kappa shape index (κ1) is 23.1. The van der Waals surface area contributed by atoms with Gasteiger partial charge in [-0.15, -0.1) is 0 Å². The molecule has 140 valence electrons. The average Bonchev–Trinajstić information content (AvgIpc) is 2.22. The highest BCUT2D eigenvalue weighted by molar-refractivity contribution is 7.47. The summed E-state index contributed by atoms with van der Waals surface area (Å²) in [5.41, 5.74) is 0.532. The zero-order valence-corrected chi connectivity index (χ0v) is 17.4. The molecule has 0 bridgehead atoms. The normalized spacial score (nSPS) is 18.5. The minimum Gasteiger partial charge on any atom is -0.302 e. The van der Waals surface area contributed by atoms with Crippen LogP contribution in [0.5, 0.6) is 0 Å². The lowest BCUT2D eigenvalue weighted by molar-refractivity contribution is 0.131. The number of rotatable bonds is 10. The van der Waals surface area contributed by atoms with E-state index in [-0.39, 0.29) is 24.0 Å². The smallest absolute Gasteiger partial charge is 0.302 e. The van der Waals surface area contributed by atoms with Crippen molar-refractivity contribution in [3.05, 3.63) is 0 Å². The van der Waals surface area contributed by atoms with Crippen LogP contribution < -0.4 is 0 Å². The van der Waals surface area contributed by atoms with Crippen molar-refractivity contribution < 1.29 is 18.5 Å². The summed E-state index contributed by atoms with van der Waals surface area (Å²) in [6.45, 7) is 18.0. The molecule has 0 spiro atoms. The van der Waals surface area contributed by atoms with Crippen molar-refractivity contribution in [3.63, 3.8) is 0 Å². The second kappa shape index (κ2) is 9.56. The molecule has 0 saturated heterocycles. The van der Waals surface area contributed by atoms with Gasteiger partial charge in [-0.05, 0) is 48.3 Å². The molecule has 0 amide bonds. The van der Waals surface area contributed by atoms with E-state index in [2.05, 4.69) is 55.4 Å². The summed E-state index contributed by atoms with van der Waals surface area (Å²) >= 11 is 0. The Morgan fingerprint density at radius 1 is 0.826 bits per heavy atom. The molecule has 0 heterocycles. The van der Waals surface area contributed by atoms with Crippen molar-refractivity contribution in [3.8, 4) is 0 Å². The second-order valence-corrected chi connectivity index (χ2v) is 10.9. The molecular weight excluding hydrogens is 311 g/mol. The van der Waals surface area contributed by atoms with Gasteiger partial charge in [0.05, 0.1) is 13.2 Å². The van der Waals surface area contributed by atoms with Gasteiger partial charge in [0.1, 0.15) is 0 Å². The van der Waals surface area contributed by atoms with Gasteiger partial charge in [0.15, 0.2) is 0 Å².